The van der Waals surface area contributed by atoms with Gasteiger partial charge in [0, 0.05) is 24.0 Å². The molecule has 0 aliphatic rings. The number of hydrogen-bond acceptors (Lipinski definition) is 4. The highest BCUT2D eigenvalue weighted by molar-refractivity contribution is 6.18. The second-order valence-electron chi connectivity index (χ2n) is 3.70. The fourth-order valence-electron chi connectivity index (χ4n) is 1.81. The van der Waals surface area contributed by atoms with Crippen LogP contribution >= 0.6 is 11.6 Å². The maximum absolute atomic E-state index is 5.67. The van der Waals surface area contributed by atoms with Crippen LogP contribution in [0, 0.1) is 0 Å². The predicted molar refractivity (Wildman–Crippen MR) is 74.1 cm³/mol. The van der Waals surface area contributed by atoms with Gasteiger partial charge in [0.2, 0.25) is 0 Å². The van der Waals surface area contributed by atoms with E-state index in [1.54, 1.807) is 20.4 Å². The third-order valence-electron chi connectivity index (χ3n) is 2.66. The fraction of sp³-hybridized carbons (Fsp3) is 0.308. The highest BCUT2D eigenvalue weighted by atomic mass is 35.5. The van der Waals surface area contributed by atoms with Crippen molar-refractivity contribution >= 4 is 28.2 Å². The first-order chi connectivity index (χ1) is 8.80. The number of rotatable bonds is 5. The summed E-state index contributed by atoms with van der Waals surface area (Å²) in [7, 11) is 3.24. The second kappa shape index (κ2) is 5.78. The van der Waals surface area contributed by atoms with Gasteiger partial charge in [0.15, 0.2) is 11.5 Å². The molecule has 0 spiro atoms. The molecule has 1 aromatic carbocycles. The van der Waals surface area contributed by atoms with Crippen LogP contribution in [0.15, 0.2) is 24.4 Å². The van der Waals surface area contributed by atoms with Crippen LogP contribution < -0.4 is 14.8 Å². The molecule has 18 heavy (non-hydrogen) atoms. The second-order valence-corrected chi connectivity index (χ2v) is 4.08. The minimum atomic E-state index is 0.533. The average Bonchev–Trinajstić information content (AvgIpc) is 2.43. The highest BCUT2D eigenvalue weighted by Crippen LogP contribution is 2.34. The van der Waals surface area contributed by atoms with Crippen molar-refractivity contribution in [3.05, 3.63) is 24.4 Å². The zero-order chi connectivity index (χ0) is 13.0. The Morgan fingerprint density at radius 2 is 1.94 bits per heavy atom. The molecule has 0 unspecified atom stereocenters. The zero-order valence-electron chi connectivity index (χ0n) is 10.4. The Bertz CT molecular complexity index is 546. The molecular weight excluding hydrogens is 252 g/mol. The number of methoxy groups -OCH3 is 2. The van der Waals surface area contributed by atoms with Gasteiger partial charge < -0.3 is 14.8 Å². The first-order valence-corrected chi connectivity index (χ1v) is 6.14. The number of halogens is 1. The van der Waals surface area contributed by atoms with Crippen LogP contribution in [0.25, 0.3) is 10.8 Å². The van der Waals surface area contributed by atoms with Gasteiger partial charge in [-0.1, -0.05) is 0 Å². The molecule has 1 aromatic heterocycles. The lowest BCUT2D eigenvalue weighted by Crippen LogP contribution is -2.04. The van der Waals surface area contributed by atoms with Crippen molar-refractivity contribution in [3.63, 3.8) is 0 Å². The summed E-state index contributed by atoms with van der Waals surface area (Å²) in [5.41, 5.74) is 0. The molecule has 2 rings (SSSR count). The van der Waals surface area contributed by atoms with Crippen molar-refractivity contribution in [2.75, 3.05) is 32.0 Å². The van der Waals surface area contributed by atoms with E-state index in [9.17, 15) is 0 Å². The minimum Gasteiger partial charge on any atom is -0.493 e. The Hall–Kier alpha value is -1.68. The number of nitrogens with one attached hydrogen (secondary N) is 1. The van der Waals surface area contributed by atoms with Gasteiger partial charge in [-0.15, -0.1) is 11.6 Å². The van der Waals surface area contributed by atoms with Crippen molar-refractivity contribution in [2.24, 2.45) is 0 Å². The Morgan fingerprint density at radius 3 is 2.61 bits per heavy atom. The van der Waals surface area contributed by atoms with Crippen molar-refractivity contribution in [2.45, 2.75) is 0 Å². The number of benzene rings is 1. The largest absolute Gasteiger partial charge is 0.493 e. The smallest absolute Gasteiger partial charge is 0.161 e. The van der Waals surface area contributed by atoms with Crippen molar-refractivity contribution in [1.82, 2.24) is 4.98 Å². The summed E-state index contributed by atoms with van der Waals surface area (Å²) in [6.45, 7) is 0.669. The molecule has 1 N–H and O–H groups in total. The van der Waals surface area contributed by atoms with E-state index in [1.165, 1.54) is 0 Å². The first-order valence-electron chi connectivity index (χ1n) is 5.60. The molecule has 0 fully saturated rings. The van der Waals surface area contributed by atoms with Gasteiger partial charge in [-0.3, -0.25) is 0 Å². The lowest BCUT2D eigenvalue weighted by atomic mass is 10.1. The molecule has 0 amide bonds. The fourth-order valence-corrected chi connectivity index (χ4v) is 1.90. The van der Waals surface area contributed by atoms with Gasteiger partial charge in [0.25, 0.3) is 0 Å². The molecule has 5 heteroatoms. The van der Waals surface area contributed by atoms with Crippen molar-refractivity contribution < 1.29 is 9.47 Å². The molecule has 0 saturated carbocycles. The Balaban J connectivity index is 2.54. The minimum absolute atomic E-state index is 0.533. The van der Waals surface area contributed by atoms with Gasteiger partial charge in [0.1, 0.15) is 5.82 Å². The van der Waals surface area contributed by atoms with Crippen molar-refractivity contribution in [1.29, 1.82) is 0 Å². The van der Waals surface area contributed by atoms with E-state index in [2.05, 4.69) is 10.3 Å². The predicted octanol–water partition coefficient (Wildman–Crippen LogP) is 2.90. The number of alkyl halides is 1. The molecule has 1 heterocycles. The Kier molecular flexibility index (Phi) is 4.10. The van der Waals surface area contributed by atoms with Crippen LogP contribution in [-0.2, 0) is 0 Å². The van der Waals surface area contributed by atoms with E-state index in [0.717, 1.165) is 16.6 Å². The molecule has 0 atom stereocenters. The molecule has 0 bridgehead atoms. The topological polar surface area (TPSA) is 43.4 Å². The summed E-state index contributed by atoms with van der Waals surface area (Å²) in [6, 6.07) is 5.78. The van der Waals surface area contributed by atoms with Crippen LogP contribution in [0.2, 0.25) is 0 Å². The molecular formula is C13H15ClN2O2. The molecule has 2 aromatic rings. The molecule has 4 nitrogen and oxygen atoms in total. The van der Waals surface area contributed by atoms with Crippen LogP contribution in [0.3, 0.4) is 0 Å². The van der Waals surface area contributed by atoms with E-state index in [4.69, 9.17) is 21.1 Å². The first kappa shape index (κ1) is 12.8. The molecule has 0 aliphatic heterocycles. The Labute approximate surface area is 111 Å². The number of anilines is 1. The number of fused-ring (bicyclic) bond motifs is 1. The third kappa shape index (κ3) is 2.43. The normalized spacial score (nSPS) is 10.4. The van der Waals surface area contributed by atoms with Gasteiger partial charge in [-0.2, -0.15) is 0 Å². The number of hydrogen-bond donors (Lipinski definition) is 1. The van der Waals surface area contributed by atoms with E-state index >= 15 is 0 Å². The summed E-state index contributed by atoms with van der Waals surface area (Å²) < 4.78 is 10.6. The van der Waals surface area contributed by atoms with Gasteiger partial charge in [0.05, 0.1) is 14.2 Å². The summed E-state index contributed by atoms with van der Waals surface area (Å²) in [6.07, 6.45) is 1.75. The zero-order valence-corrected chi connectivity index (χ0v) is 11.1. The molecule has 0 radical (unpaired) electrons. The van der Waals surface area contributed by atoms with E-state index in [1.807, 2.05) is 18.2 Å². The summed E-state index contributed by atoms with van der Waals surface area (Å²) >= 11 is 5.67. The standard InChI is InChI=1S/C13H15ClN2O2/c1-17-11-7-9-3-5-15-13(16-6-4-14)10(9)8-12(11)18-2/h3,5,7-8H,4,6H2,1-2H3,(H,15,16). The van der Waals surface area contributed by atoms with E-state index in [-0.39, 0.29) is 0 Å². The van der Waals surface area contributed by atoms with E-state index < -0.39 is 0 Å². The van der Waals surface area contributed by atoms with Crippen molar-refractivity contribution in [3.8, 4) is 11.5 Å². The van der Waals surface area contributed by atoms with Crippen LogP contribution in [0.4, 0.5) is 5.82 Å². The number of nitrogens with zero attached hydrogens (tertiary/aromatic N) is 1. The molecule has 96 valence electrons. The average molecular weight is 267 g/mol. The quantitative estimate of drug-likeness (QED) is 0.845. The number of pyridine rings is 1. The molecule has 0 aliphatic carbocycles. The van der Waals surface area contributed by atoms with E-state index in [0.29, 0.717) is 23.9 Å². The highest BCUT2D eigenvalue weighted by Gasteiger charge is 2.09. The SMILES string of the molecule is COc1cc2ccnc(NCCCl)c2cc1OC. The lowest BCUT2D eigenvalue weighted by molar-refractivity contribution is 0.356. The maximum atomic E-state index is 5.67. The third-order valence-corrected chi connectivity index (χ3v) is 2.84. The van der Waals surface area contributed by atoms with Crippen LogP contribution in [0.5, 0.6) is 11.5 Å². The lowest BCUT2D eigenvalue weighted by Gasteiger charge is -2.12. The van der Waals surface area contributed by atoms with Crippen LogP contribution in [-0.4, -0.2) is 31.6 Å². The van der Waals surface area contributed by atoms with Gasteiger partial charge in [-0.05, 0) is 23.6 Å². The monoisotopic (exact) mass is 266 g/mol. The Morgan fingerprint density at radius 1 is 1.22 bits per heavy atom. The van der Waals surface area contributed by atoms with Crippen LogP contribution in [0.1, 0.15) is 0 Å². The number of ether oxygens (including phenoxy) is 2. The summed E-state index contributed by atoms with van der Waals surface area (Å²) in [5.74, 6) is 2.73. The maximum Gasteiger partial charge on any atom is 0.161 e. The van der Waals surface area contributed by atoms with Gasteiger partial charge in [-0.25, -0.2) is 4.98 Å². The molecule has 0 saturated heterocycles. The summed E-state index contributed by atoms with van der Waals surface area (Å²) in [4.78, 5) is 4.31. The van der Waals surface area contributed by atoms with Gasteiger partial charge >= 0.3 is 0 Å². The number of aromatic nitrogens is 1. The summed E-state index contributed by atoms with van der Waals surface area (Å²) in [5, 5.41) is 5.21.